The Bertz CT molecular complexity index is 391. The third kappa shape index (κ3) is 3.27. The average molecular weight is 257 g/mol. The second-order valence-corrected chi connectivity index (χ2v) is 4.65. The van der Waals surface area contributed by atoms with Gasteiger partial charge in [-0.25, -0.2) is 8.78 Å². The Morgan fingerprint density at radius 3 is 2.56 bits per heavy atom. The third-order valence-electron chi connectivity index (χ3n) is 3.69. The van der Waals surface area contributed by atoms with Gasteiger partial charge >= 0.3 is 0 Å². The molecule has 0 aliphatic heterocycles. The molecular formula is C14H21F2NO. The van der Waals surface area contributed by atoms with Crippen LogP contribution in [0, 0.1) is 11.6 Å². The predicted octanol–water partition coefficient (Wildman–Crippen LogP) is 2.91. The molecule has 2 unspecified atom stereocenters. The lowest BCUT2D eigenvalue weighted by Gasteiger charge is -2.35. The van der Waals surface area contributed by atoms with Crippen LogP contribution in [-0.2, 0) is 11.2 Å². The number of benzene rings is 1. The Labute approximate surface area is 107 Å². The van der Waals surface area contributed by atoms with E-state index in [0.29, 0.717) is 12.0 Å². The van der Waals surface area contributed by atoms with Crippen LogP contribution < -0.4 is 5.32 Å². The SMILES string of the molecule is CCC(C)(OC)C(Cc1cc(F)ccc1F)NC. The molecule has 0 radical (unpaired) electrons. The van der Waals surface area contributed by atoms with E-state index >= 15 is 0 Å². The molecule has 0 bridgehead atoms. The quantitative estimate of drug-likeness (QED) is 0.846. The van der Waals surface area contributed by atoms with Crippen LogP contribution in [0.15, 0.2) is 18.2 Å². The Balaban J connectivity index is 2.95. The van der Waals surface area contributed by atoms with Gasteiger partial charge in [-0.15, -0.1) is 0 Å². The molecule has 18 heavy (non-hydrogen) atoms. The van der Waals surface area contributed by atoms with E-state index in [1.54, 1.807) is 14.2 Å². The monoisotopic (exact) mass is 257 g/mol. The molecule has 0 saturated carbocycles. The fraction of sp³-hybridized carbons (Fsp3) is 0.571. The number of ether oxygens (including phenoxy) is 1. The largest absolute Gasteiger partial charge is 0.377 e. The van der Waals surface area contributed by atoms with Crippen LogP contribution in [0.3, 0.4) is 0 Å². The molecule has 0 saturated heterocycles. The van der Waals surface area contributed by atoms with Crippen molar-refractivity contribution in [3.63, 3.8) is 0 Å². The highest BCUT2D eigenvalue weighted by Crippen LogP contribution is 2.23. The van der Waals surface area contributed by atoms with E-state index in [1.807, 2.05) is 13.8 Å². The van der Waals surface area contributed by atoms with Crippen molar-refractivity contribution in [3.05, 3.63) is 35.4 Å². The maximum Gasteiger partial charge on any atom is 0.126 e. The first-order valence-electron chi connectivity index (χ1n) is 6.13. The topological polar surface area (TPSA) is 21.3 Å². The van der Waals surface area contributed by atoms with E-state index in [2.05, 4.69) is 5.32 Å². The van der Waals surface area contributed by atoms with Gasteiger partial charge in [-0.3, -0.25) is 0 Å². The summed E-state index contributed by atoms with van der Waals surface area (Å²) >= 11 is 0. The van der Waals surface area contributed by atoms with Crippen LogP contribution in [-0.4, -0.2) is 25.8 Å². The molecule has 1 N–H and O–H groups in total. The number of hydrogen-bond donors (Lipinski definition) is 1. The molecule has 2 nitrogen and oxygen atoms in total. The predicted molar refractivity (Wildman–Crippen MR) is 68.6 cm³/mol. The summed E-state index contributed by atoms with van der Waals surface area (Å²) in [6.45, 7) is 3.97. The Kier molecular flexibility index (Phi) is 5.23. The first kappa shape index (κ1) is 15.1. The number of likely N-dealkylation sites (N-methyl/N-ethyl adjacent to an activating group) is 1. The van der Waals surface area contributed by atoms with Crippen LogP contribution >= 0.6 is 0 Å². The smallest absolute Gasteiger partial charge is 0.126 e. The van der Waals surface area contributed by atoms with Crippen LogP contribution in [0.4, 0.5) is 8.78 Å². The maximum atomic E-state index is 13.6. The minimum atomic E-state index is -0.420. The van der Waals surface area contributed by atoms with Crippen molar-refractivity contribution in [2.75, 3.05) is 14.2 Å². The molecule has 0 aliphatic rings. The van der Waals surface area contributed by atoms with Gasteiger partial charge in [0.2, 0.25) is 0 Å². The number of hydrogen-bond acceptors (Lipinski definition) is 2. The van der Waals surface area contributed by atoms with E-state index in [4.69, 9.17) is 4.74 Å². The molecule has 1 rings (SSSR count). The summed E-state index contributed by atoms with van der Waals surface area (Å²) in [6.07, 6.45) is 1.17. The van der Waals surface area contributed by atoms with E-state index in [9.17, 15) is 8.78 Å². The van der Waals surface area contributed by atoms with Gasteiger partial charge in [-0.1, -0.05) is 6.92 Å². The summed E-state index contributed by atoms with van der Waals surface area (Å²) in [7, 11) is 3.44. The zero-order valence-corrected chi connectivity index (χ0v) is 11.4. The first-order chi connectivity index (χ1) is 8.46. The van der Waals surface area contributed by atoms with Crippen molar-refractivity contribution in [1.82, 2.24) is 5.32 Å². The van der Waals surface area contributed by atoms with Crippen molar-refractivity contribution < 1.29 is 13.5 Å². The number of methoxy groups -OCH3 is 1. The zero-order chi connectivity index (χ0) is 13.8. The van der Waals surface area contributed by atoms with Gasteiger partial charge in [0.25, 0.3) is 0 Å². The first-order valence-corrected chi connectivity index (χ1v) is 6.13. The van der Waals surface area contributed by atoms with Crippen LogP contribution in [0.25, 0.3) is 0 Å². The molecular weight excluding hydrogens is 236 g/mol. The number of nitrogens with one attached hydrogen (secondary N) is 1. The molecule has 1 aromatic rings. The summed E-state index contributed by atoms with van der Waals surface area (Å²) in [5.74, 6) is -0.803. The van der Waals surface area contributed by atoms with E-state index in [-0.39, 0.29) is 11.9 Å². The number of halogens is 2. The van der Waals surface area contributed by atoms with Gasteiger partial charge in [-0.05, 0) is 50.6 Å². The molecule has 2 atom stereocenters. The zero-order valence-electron chi connectivity index (χ0n) is 11.4. The van der Waals surface area contributed by atoms with E-state index in [1.165, 1.54) is 6.07 Å². The second-order valence-electron chi connectivity index (χ2n) is 4.65. The minimum Gasteiger partial charge on any atom is -0.377 e. The third-order valence-corrected chi connectivity index (χ3v) is 3.69. The van der Waals surface area contributed by atoms with Crippen LogP contribution in [0.2, 0.25) is 0 Å². The average Bonchev–Trinajstić information content (AvgIpc) is 2.38. The van der Waals surface area contributed by atoms with E-state index in [0.717, 1.165) is 18.6 Å². The van der Waals surface area contributed by atoms with Crippen molar-refractivity contribution in [3.8, 4) is 0 Å². The molecule has 0 fully saturated rings. The molecule has 4 heteroatoms. The molecule has 0 spiro atoms. The van der Waals surface area contributed by atoms with Gasteiger partial charge in [0, 0.05) is 13.2 Å². The highest BCUT2D eigenvalue weighted by molar-refractivity contribution is 5.20. The summed E-state index contributed by atoms with van der Waals surface area (Å²) < 4.78 is 32.3. The molecule has 102 valence electrons. The second kappa shape index (κ2) is 6.25. The summed E-state index contributed by atoms with van der Waals surface area (Å²) in [6, 6.07) is 3.45. The molecule has 0 heterocycles. The van der Waals surface area contributed by atoms with Gasteiger partial charge in [0.05, 0.1) is 5.60 Å². The lowest BCUT2D eigenvalue weighted by atomic mass is 9.88. The normalized spacial score (nSPS) is 16.3. The maximum absolute atomic E-state index is 13.6. The van der Waals surface area contributed by atoms with Gasteiger partial charge in [-0.2, -0.15) is 0 Å². The Morgan fingerprint density at radius 2 is 2.06 bits per heavy atom. The summed E-state index contributed by atoms with van der Waals surface area (Å²) in [5.41, 5.74) is -0.0425. The van der Waals surface area contributed by atoms with Gasteiger partial charge in [0.15, 0.2) is 0 Å². The van der Waals surface area contributed by atoms with Crippen molar-refractivity contribution in [1.29, 1.82) is 0 Å². The minimum absolute atomic E-state index is 0.0798. The molecule has 1 aromatic carbocycles. The van der Waals surface area contributed by atoms with Crippen LogP contribution in [0.5, 0.6) is 0 Å². The highest BCUT2D eigenvalue weighted by Gasteiger charge is 2.32. The molecule has 0 aliphatic carbocycles. The van der Waals surface area contributed by atoms with Crippen LogP contribution in [0.1, 0.15) is 25.8 Å². The lowest BCUT2D eigenvalue weighted by Crippen LogP contribution is -2.49. The lowest BCUT2D eigenvalue weighted by molar-refractivity contribution is -0.0270. The van der Waals surface area contributed by atoms with Crippen molar-refractivity contribution in [2.45, 2.75) is 38.3 Å². The van der Waals surface area contributed by atoms with Crippen molar-refractivity contribution >= 4 is 0 Å². The standard InChI is InChI=1S/C14H21F2NO/c1-5-14(2,18-4)13(17-3)9-10-8-11(15)6-7-12(10)16/h6-8,13,17H,5,9H2,1-4H3. The summed E-state index contributed by atoms with van der Waals surface area (Å²) in [4.78, 5) is 0. The van der Waals surface area contributed by atoms with Crippen molar-refractivity contribution in [2.24, 2.45) is 0 Å². The Morgan fingerprint density at radius 1 is 1.39 bits per heavy atom. The van der Waals surface area contributed by atoms with Gasteiger partial charge in [0.1, 0.15) is 11.6 Å². The number of rotatable bonds is 6. The fourth-order valence-corrected chi connectivity index (χ4v) is 2.08. The molecule has 0 aromatic heterocycles. The Hall–Kier alpha value is -1.00. The summed E-state index contributed by atoms with van der Waals surface area (Å²) in [5, 5.41) is 3.13. The molecule has 0 amide bonds. The highest BCUT2D eigenvalue weighted by atomic mass is 19.1. The van der Waals surface area contributed by atoms with Gasteiger partial charge < -0.3 is 10.1 Å². The fourth-order valence-electron chi connectivity index (χ4n) is 2.08. The van der Waals surface area contributed by atoms with E-state index < -0.39 is 11.4 Å².